The van der Waals surface area contributed by atoms with Gasteiger partial charge in [-0.2, -0.15) is 13.2 Å². The molecule has 3 aromatic rings. The summed E-state index contributed by atoms with van der Waals surface area (Å²) in [5.74, 6) is 4.27. The van der Waals surface area contributed by atoms with Crippen LogP contribution in [0.3, 0.4) is 0 Å². The van der Waals surface area contributed by atoms with E-state index in [0.29, 0.717) is 17.7 Å². The fourth-order valence-electron chi connectivity index (χ4n) is 2.63. The van der Waals surface area contributed by atoms with Crippen molar-refractivity contribution in [3.63, 3.8) is 0 Å². The molecule has 0 spiro atoms. The number of hydrogen-bond donors (Lipinski definition) is 1. The Kier molecular flexibility index (Phi) is 5.45. The maximum atomic E-state index is 12.6. The Hall–Kier alpha value is -2.82. The van der Waals surface area contributed by atoms with E-state index in [-0.39, 0.29) is 4.90 Å². The molecule has 1 unspecified atom stereocenters. The zero-order valence-corrected chi connectivity index (χ0v) is 15.3. The van der Waals surface area contributed by atoms with Crippen molar-refractivity contribution in [1.29, 1.82) is 0 Å². The molecule has 0 aromatic heterocycles. The summed E-state index contributed by atoms with van der Waals surface area (Å²) in [7, 11) is -3.89. The number of fused-ring (bicyclic) bond motifs is 1. The molecule has 1 atom stereocenters. The van der Waals surface area contributed by atoms with Crippen LogP contribution in [-0.2, 0) is 16.0 Å². The van der Waals surface area contributed by atoms with Gasteiger partial charge in [-0.05, 0) is 46.7 Å². The fraction of sp³-hybridized carbons (Fsp3) is 0.143. The molecule has 0 fully saturated rings. The largest absolute Gasteiger partial charge is 0.416 e. The number of alkyl halides is 3. The van der Waals surface area contributed by atoms with Crippen molar-refractivity contribution in [3.05, 3.63) is 77.9 Å². The van der Waals surface area contributed by atoms with Gasteiger partial charge in [0, 0.05) is 0 Å². The van der Waals surface area contributed by atoms with Gasteiger partial charge in [0.2, 0.25) is 0 Å². The molecule has 3 nitrogen and oxygen atoms in total. The highest BCUT2D eigenvalue weighted by molar-refractivity contribution is 7.91. The Labute approximate surface area is 160 Å². The standard InChI is InChI=1S/C21H15F3O3S/c22-21(23,24)18-9-11-19(12-10-18)28(26,27)13-3-6-20(25)17-8-7-15-4-1-2-5-16(15)14-17/h1-2,4-5,7-12,14,20,25H,13H2. The maximum absolute atomic E-state index is 12.6. The van der Waals surface area contributed by atoms with E-state index in [1.165, 1.54) is 0 Å². The van der Waals surface area contributed by atoms with Gasteiger partial charge in [-0.25, -0.2) is 8.42 Å². The predicted octanol–water partition coefficient (Wildman–Crippen LogP) is 4.37. The van der Waals surface area contributed by atoms with E-state index < -0.39 is 33.4 Å². The topological polar surface area (TPSA) is 54.4 Å². The second-order valence-corrected chi connectivity index (χ2v) is 8.10. The van der Waals surface area contributed by atoms with Gasteiger partial charge in [0.05, 0.1) is 10.5 Å². The van der Waals surface area contributed by atoms with Gasteiger partial charge in [0.1, 0.15) is 11.9 Å². The lowest BCUT2D eigenvalue weighted by atomic mass is 10.0. The molecule has 28 heavy (non-hydrogen) atoms. The Morgan fingerprint density at radius 1 is 0.929 bits per heavy atom. The second kappa shape index (κ2) is 7.66. The van der Waals surface area contributed by atoms with Gasteiger partial charge in [-0.1, -0.05) is 48.2 Å². The third-order valence-corrected chi connectivity index (χ3v) is 5.65. The first-order chi connectivity index (χ1) is 13.2. The zero-order chi connectivity index (χ0) is 20.4. The highest BCUT2D eigenvalue weighted by atomic mass is 32.2. The minimum atomic E-state index is -4.54. The Morgan fingerprint density at radius 3 is 2.21 bits per heavy atom. The smallest absolute Gasteiger partial charge is 0.376 e. The average Bonchev–Trinajstić information content (AvgIpc) is 2.67. The summed E-state index contributed by atoms with van der Waals surface area (Å²) >= 11 is 0. The SMILES string of the molecule is O=S(=O)(CC#CC(O)c1ccc2ccccc2c1)c1ccc(C(F)(F)F)cc1. The van der Waals surface area contributed by atoms with Gasteiger partial charge in [0.15, 0.2) is 9.84 Å². The number of aliphatic hydroxyl groups is 1. The normalized spacial score (nSPS) is 13.0. The van der Waals surface area contributed by atoms with Crippen molar-refractivity contribution in [2.24, 2.45) is 0 Å². The van der Waals surface area contributed by atoms with E-state index in [1.807, 2.05) is 30.3 Å². The summed E-state index contributed by atoms with van der Waals surface area (Å²) in [6, 6.07) is 16.1. The van der Waals surface area contributed by atoms with Gasteiger partial charge in [-0.3, -0.25) is 0 Å². The van der Waals surface area contributed by atoms with Crippen LogP contribution in [0.1, 0.15) is 17.2 Å². The molecule has 144 valence electrons. The molecule has 1 N–H and O–H groups in total. The maximum Gasteiger partial charge on any atom is 0.416 e. The fourth-order valence-corrected chi connectivity index (χ4v) is 3.62. The van der Waals surface area contributed by atoms with Crippen LogP contribution in [0.4, 0.5) is 13.2 Å². The van der Waals surface area contributed by atoms with Crippen molar-refractivity contribution < 1.29 is 26.7 Å². The predicted molar refractivity (Wildman–Crippen MR) is 100 cm³/mol. The van der Waals surface area contributed by atoms with Crippen molar-refractivity contribution in [2.75, 3.05) is 5.75 Å². The molecule has 3 rings (SSSR count). The molecule has 3 aromatic carbocycles. The first-order valence-corrected chi connectivity index (χ1v) is 9.87. The van der Waals surface area contributed by atoms with Crippen LogP contribution >= 0.6 is 0 Å². The molecule has 0 aliphatic carbocycles. The summed E-state index contributed by atoms with van der Waals surface area (Å²) in [6.07, 6.45) is -5.71. The molecular formula is C21H15F3O3S. The summed E-state index contributed by atoms with van der Waals surface area (Å²) in [4.78, 5) is -0.255. The lowest BCUT2D eigenvalue weighted by molar-refractivity contribution is -0.137. The van der Waals surface area contributed by atoms with Crippen LogP contribution < -0.4 is 0 Å². The number of rotatable bonds is 3. The molecule has 0 aliphatic rings. The number of benzene rings is 3. The lowest BCUT2D eigenvalue weighted by Crippen LogP contribution is -2.08. The molecule has 0 saturated carbocycles. The second-order valence-electron chi connectivity index (χ2n) is 6.11. The van der Waals surface area contributed by atoms with E-state index in [1.54, 1.807) is 12.1 Å². The van der Waals surface area contributed by atoms with E-state index in [4.69, 9.17) is 0 Å². The van der Waals surface area contributed by atoms with Crippen molar-refractivity contribution in [1.82, 2.24) is 0 Å². The van der Waals surface area contributed by atoms with Gasteiger partial charge < -0.3 is 5.11 Å². The van der Waals surface area contributed by atoms with Crippen LogP contribution in [0.25, 0.3) is 10.8 Å². The zero-order valence-electron chi connectivity index (χ0n) is 14.4. The van der Waals surface area contributed by atoms with Crippen LogP contribution in [-0.4, -0.2) is 19.3 Å². The summed E-state index contributed by atoms with van der Waals surface area (Å²) in [5.41, 5.74) is -0.401. The number of sulfone groups is 1. The average molecular weight is 404 g/mol. The lowest BCUT2D eigenvalue weighted by Gasteiger charge is -2.07. The molecule has 0 bridgehead atoms. The molecule has 0 amide bonds. The van der Waals surface area contributed by atoms with Crippen LogP contribution in [0, 0.1) is 11.8 Å². The van der Waals surface area contributed by atoms with Crippen LogP contribution in [0.5, 0.6) is 0 Å². The Morgan fingerprint density at radius 2 is 1.57 bits per heavy atom. The van der Waals surface area contributed by atoms with Crippen molar-refractivity contribution in [2.45, 2.75) is 17.2 Å². The highest BCUT2D eigenvalue weighted by Gasteiger charge is 2.30. The molecule has 0 aliphatic heterocycles. The van der Waals surface area contributed by atoms with E-state index in [2.05, 4.69) is 11.8 Å². The number of halogens is 3. The minimum Gasteiger partial charge on any atom is -0.376 e. The summed E-state index contributed by atoms with van der Waals surface area (Å²) < 4.78 is 62.1. The molecule has 0 saturated heterocycles. The summed E-state index contributed by atoms with van der Waals surface area (Å²) in [6.45, 7) is 0. The molecule has 7 heteroatoms. The van der Waals surface area contributed by atoms with Gasteiger partial charge in [-0.15, -0.1) is 0 Å². The van der Waals surface area contributed by atoms with Gasteiger partial charge in [0.25, 0.3) is 0 Å². The van der Waals surface area contributed by atoms with Crippen molar-refractivity contribution >= 4 is 20.6 Å². The molecular weight excluding hydrogens is 389 g/mol. The van der Waals surface area contributed by atoms with Crippen LogP contribution in [0.2, 0.25) is 0 Å². The van der Waals surface area contributed by atoms with E-state index in [9.17, 15) is 26.7 Å². The molecule has 0 radical (unpaired) electrons. The first kappa shape index (κ1) is 19.9. The summed E-state index contributed by atoms with van der Waals surface area (Å²) in [5, 5.41) is 12.1. The minimum absolute atomic E-state index is 0.255. The quantitative estimate of drug-likeness (QED) is 0.660. The highest BCUT2D eigenvalue weighted by Crippen LogP contribution is 2.29. The first-order valence-electron chi connectivity index (χ1n) is 8.22. The Bertz CT molecular complexity index is 1160. The molecule has 0 heterocycles. The number of hydrogen-bond acceptors (Lipinski definition) is 3. The van der Waals surface area contributed by atoms with Crippen molar-refractivity contribution in [3.8, 4) is 11.8 Å². The Balaban J connectivity index is 1.74. The van der Waals surface area contributed by atoms with E-state index in [0.717, 1.165) is 22.9 Å². The number of aliphatic hydroxyl groups excluding tert-OH is 1. The third kappa shape index (κ3) is 4.53. The van der Waals surface area contributed by atoms with Crippen LogP contribution in [0.15, 0.2) is 71.6 Å². The van der Waals surface area contributed by atoms with E-state index >= 15 is 0 Å². The van der Waals surface area contributed by atoms with Gasteiger partial charge >= 0.3 is 6.18 Å². The third-order valence-electron chi connectivity index (χ3n) is 4.13. The monoisotopic (exact) mass is 404 g/mol.